The van der Waals surface area contributed by atoms with Crippen LogP contribution in [0.2, 0.25) is 0 Å². The number of unbranched alkanes of at least 4 members (excludes halogenated alkanes) is 35. The average molecular weight is 1150 g/mol. The van der Waals surface area contributed by atoms with Crippen LogP contribution < -0.4 is 0 Å². The van der Waals surface area contributed by atoms with E-state index in [4.69, 9.17) is 14.2 Å². The molecule has 0 aromatic rings. The molecule has 476 valence electrons. The lowest BCUT2D eigenvalue weighted by atomic mass is 10.0. The number of carbonyl (C=O) groups is 3. The van der Waals surface area contributed by atoms with Crippen LogP contribution in [0.25, 0.3) is 0 Å². The van der Waals surface area contributed by atoms with Crippen molar-refractivity contribution < 1.29 is 28.6 Å². The number of carbonyl (C=O) groups excluding carboxylic acids is 3. The third-order valence-corrected chi connectivity index (χ3v) is 15.3. The molecule has 0 spiro atoms. The van der Waals surface area contributed by atoms with Gasteiger partial charge >= 0.3 is 17.9 Å². The van der Waals surface area contributed by atoms with Crippen LogP contribution in [-0.4, -0.2) is 37.2 Å². The summed E-state index contributed by atoms with van der Waals surface area (Å²) in [6.07, 6.45) is 96.8. The lowest BCUT2D eigenvalue weighted by Crippen LogP contribution is -2.30. The second-order valence-corrected chi connectivity index (χ2v) is 23.4. The van der Waals surface area contributed by atoms with Gasteiger partial charge < -0.3 is 14.2 Å². The standard InChI is InChI=1S/C77H132O6/c1-4-7-10-13-16-19-22-25-27-29-31-33-35-36-37-38-39-40-42-43-45-47-49-52-55-58-61-64-67-70-76(79)82-73-74(72-81-75(78)69-66-63-60-57-54-51-24-21-18-15-12-9-6-3)83-77(80)71-68-65-62-59-56-53-50-48-46-44-41-34-32-30-28-26-23-20-17-14-11-8-5-2/h8,11,17,20,22,25-26,28-29,31-32,34-36,44,46,50,53,74H,4-7,9-10,12-16,18-19,21,23-24,27,30,33,37-43,45,47-49,51-52,54-73H2,1-3H3/b11-8-,20-17-,25-22-,28-26-,31-29-,34-32-,36-35-,46-44-,53-50-. The predicted octanol–water partition coefficient (Wildman–Crippen LogP) is 24.6. The molecule has 0 aliphatic rings. The maximum Gasteiger partial charge on any atom is 0.306 e. The first-order valence-corrected chi connectivity index (χ1v) is 35.4. The summed E-state index contributed by atoms with van der Waals surface area (Å²) in [5, 5.41) is 0. The van der Waals surface area contributed by atoms with E-state index in [2.05, 4.69) is 130 Å². The van der Waals surface area contributed by atoms with Crippen LogP contribution in [0.15, 0.2) is 109 Å². The molecule has 1 atom stereocenters. The van der Waals surface area contributed by atoms with Crippen LogP contribution in [0.4, 0.5) is 0 Å². The van der Waals surface area contributed by atoms with Gasteiger partial charge in [0.1, 0.15) is 13.2 Å². The van der Waals surface area contributed by atoms with Crippen LogP contribution in [0.1, 0.15) is 342 Å². The molecule has 0 aliphatic carbocycles. The minimum atomic E-state index is -0.793. The van der Waals surface area contributed by atoms with Gasteiger partial charge in [-0.05, 0) is 109 Å². The van der Waals surface area contributed by atoms with E-state index in [-0.39, 0.29) is 31.1 Å². The van der Waals surface area contributed by atoms with Crippen molar-refractivity contribution in [3.63, 3.8) is 0 Å². The Morgan fingerprint density at radius 2 is 0.470 bits per heavy atom. The van der Waals surface area contributed by atoms with Gasteiger partial charge in [0.05, 0.1) is 0 Å². The van der Waals surface area contributed by atoms with Crippen molar-refractivity contribution in [1.82, 2.24) is 0 Å². The van der Waals surface area contributed by atoms with Gasteiger partial charge in [-0.25, -0.2) is 0 Å². The van der Waals surface area contributed by atoms with E-state index in [1.54, 1.807) is 0 Å². The number of hydrogen-bond acceptors (Lipinski definition) is 6. The Morgan fingerprint density at radius 3 is 0.735 bits per heavy atom. The molecule has 6 heteroatoms. The first-order chi connectivity index (χ1) is 41.0. The maximum atomic E-state index is 12.9. The Hall–Kier alpha value is -3.93. The number of esters is 3. The first-order valence-electron chi connectivity index (χ1n) is 35.4. The van der Waals surface area contributed by atoms with Crippen LogP contribution in [0.5, 0.6) is 0 Å². The highest BCUT2D eigenvalue weighted by Crippen LogP contribution is 2.17. The van der Waals surface area contributed by atoms with Gasteiger partial charge in [-0.1, -0.05) is 323 Å². The summed E-state index contributed by atoms with van der Waals surface area (Å²) in [5.74, 6) is -0.898. The molecule has 0 radical (unpaired) electrons. The van der Waals surface area contributed by atoms with E-state index in [9.17, 15) is 14.4 Å². The fourth-order valence-corrected chi connectivity index (χ4v) is 9.99. The highest BCUT2D eigenvalue weighted by Gasteiger charge is 2.19. The van der Waals surface area contributed by atoms with Gasteiger partial charge in [0.2, 0.25) is 0 Å². The van der Waals surface area contributed by atoms with Crippen LogP contribution in [0.3, 0.4) is 0 Å². The summed E-state index contributed by atoms with van der Waals surface area (Å²) < 4.78 is 17.0. The summed E-state index contributed by atoms with van der Waals surface area (Å²) in [6.45, 7) is 6.53. The highest BCUT2D eigenvalue weighted by molar-refractivity contribution is 5.71. The van der Waals surface area contributed by atoms with Gasteiger partial charge in [0.15, 0.2) is 6.10 Å². The van der Waals surface area contributed by atoms with Crippen molar-refractivity contribution in [2.24, 2.45) is 0 Å². The van der Waals surface area contributed by atoms with E-state index in [0.717, 1.165) is 122 Å². The third-order valence-electron chi connectivity index (χ3n) is 15.3. The van der Waals surface area contributed by atoms with Crippen molar-refractivity contribution >= 4 is 17.9 Å². The molecule has 0 N–H and O–H groups in total. The van der Waals surface area contributed by atoms with E-state index in [0.29, 0.717) is 19.3 Å². The largest absolute Gasteiger partial charge is 0.462 e. The lowest BCUT2D eigenvalue weighted by molar-refractivity contribution is -0.167. The maximum absolute atomic E-state index is 12.9. The molecule has 0 bridgehead atoms. The van der Waals surface area contributed by atoms with Gasteiger partial charge in [-0.2, -0.15) is 0 Å². The van der Waals surface area contributed by atoms with Crippen molar-refractivity contribution in [2.45, 2.75) is 348 Å². The highest BCUT2D eigenvalue weighted by atomic mass is 16.6. The SMILES string of the molecule is CC/C=C\C/C=C\C/C=C\C/C=C\C/C=C\C/C=C\CCCCCCC(=O)OC(COC(=O)CCCCCCCCCCCCCCC)COC(=O)CCCCCCCCCCCCCCCC/C=C\C/C=C\C/C=C\CCCCCCC. The summed E-state index contributed by atoms with van der Waals surface area (Å²) in [5.41, 5.74) is 0. The Balaban J connectivity index is 4.31. The van der Waals surface area contributed by atoms with Crippen LogP contribution in [0, 0.1) is 0 Å². The lowest BCUT2D eigenvalue weighted by Gasteiger charge is -2.18. The average Bonchev–Trinajstić information content (AvgIpc) is 3.49. The van der Waals surface area contributed by atoms with Crippen molar-refractivity contribution in [2.75, 3.05) is 13.2 Å². The fourth-order valence-electron chi connectivity index (χ4n) is 9.99. The normalized spacial score (nSPS) is 12.8. The zero-order valence-corrected chi connectivity index (χ0v) is 54.7. The summed E-state index contributed by atoms with van der Waals surface area (Å²) in [4.78, 5) is 38.4. The second-order valence-electron chi connectivity index (χ2n) is 23.4. The topological polar surface area (TPSA) is 78.9 Å². The van der Waals surface area contributed by atoms with Crippen molar-refractivity contribution in [1.29, 1.82) is 0 Å². The number of ether oxygens (including phenoxy) is 3. The molecule has 0 aromatic carbocycles. The molecule has 0 aromatic heterocycles. The molecule has 0 saturated carbocycles. The van der Waals surface area contributed by atoms with E-state index < -0.39 is 6.10 Å². The fraction of sp³-hybridized carbons (Fsp3) is 0.727. The second kappa shape index (κ2) is 70.6. The molecular weight excluding hydrogens is 1020 g/mol. The van der Waals surface area contributed by atoms with Crippen molar-refractivity contribution in [3.05, 3.63) is 109 Å². The van der Waals surface area contributed by atoms with Crippen LogP contribution in [-0.2, 0) is 28.6 Å². The molecule has 0 aliphatic heterocycles. The van der Waals surface area contributed by atoms with Gasteiger partial charge in [0.25, 0.3) is 0 Å². The smallest absolute Gasteiger partial charge is 0.306 e. The summed E-state index contributed by atoms with van der Waals surface area (Å²) >= 11 is 0. The molecule has 0 amide bonds. The van der Waals surface area contributed by atoms with Crippen LogP contribution >= 0.6 is 0 Å². The minimum Gasteiger partial charge on any atom is -0.462 e. The molecule has 6 nitrogen and oxygen atoms in total. The first kappa shape index (κ1) is 79.1. The van der Waals surface area contributed by atoms with E-state index in [1.807, 2.05) is 0 Å². The summed E-state index contributed by atoms with van der Waals surface area (Å²) in [6, 6.07) is 0. The van der Waals surface area contributed by atoms with Crippen molar-refractivity contribution in [3.8, 4) is 0 Å². The molecule has 83 heavy (non-hydrogen) atoms. The third kappa shape index (κ3) is 68.7. The van der Waals surface area contributed by atoms with E-state index >= 15 is 0 Å². The quantitative estimate of drug-likeness (QED) is 0.0261. The molecule has 0 saturated heterocycles. The minimum absolute atomic E-state index is 0.0862. The Labute approximate surface area is 514 Å². The molecule has 0 fully saturated rings. The number of allylic oxidation sites excluding steroid dienone is 18. The molecular formula is C77H132O6. The molecule has 0 rings (SSSR count). The Bertz CT molecular complexity index is 1660. The van der Waals surface area contributed by atoms with Gasteiger partial charge in [-0.3, -0.25) is 14.4 Å². The predicted molar refractivity (Wildman–Crippen MR) is 362 cm³/mol. The Morgan fingerprint density at radius 1 is 0.253 bits per heavy atom. The summed E-state index contributed by atoms with van der Waals surface area (Å²) in [7, 11) is 0. The van der Waals surface area contributed by atoms with E-state index in [1.165, 1.54) is 180 Å². The van der Waals surface area contributed by atoms with Gasteiger partial charge in [0, 0.05) is 19.3 Å². The number of hydrogen-bond donors (Lipinski definition) is 0. The number of rotatable bonds is 64. The van der Waals surface area contributed by atoms with Gasteiger partial charge in [-0.15, -0.1) is 0 Å². The monoisotopic (exact) mass is 1150 g/mol. The zero-order valence-electron chi connectivity index (χ0n) is 54.7. The molecule has 1 unspecified atom stereocenters. The Kier molecular flexibility index (Phi) is 67.2. The molecule has 0 heterocycles. The zero-order chi connectivity index (χ0) is 59.9.